The third kappa shape index (κ3) is 1.02. The van der Waals surface area contributed by atoms with Crippen LogP contribution in [0.2, 0.25) is 5.02 Å². The Morgan fingerprint density at radius 2 is 2.18 bits per heavy atom. The van der Waals surface area contributed by atoms with Gasteiger partial charge >= 0.3 is 0 Å². The average molecular weight is 166 g/mol. The minimum absolute atomic E-state index is 0.801. The number of aromatic amines is 1. The first-order chi connectivity index (χ1) is 5.27. The summed E-state index contributed by atoms with van der Waals surface area (Å²) in [5, 5.41) is 1.98. The second-order valence-electron chi connectivity index (χ2n) is 2.66. The molecular weight excluding hydrogens is 158 g/mol. The smallest absolute Gasteiger partial charge is 0.0484 e. The zero-order valence-electron chi connectivity index (χ0n) is 6.19. The number of H-pyrrole nitrogens is 1. The molecule has 0 saturated heterocycles. The van der Waals surface area contributed by atoms with Gasteiger partial charge in [0.15, 0.2) is 0 Å². The summed E-state index contributed by atoms with van der Waals surface area (Å²) in [6.07, 6.45) is 1.92. The van der Waals surface area contributed by atoms with Crippen molar-refractivity contribution in [2.75, 3.05) is 0 Å². The first-order valence-corrected chi connectivity index (χ1v) is 3.88. The van der Waals surface area contributed by atoms with Gasteiger partial charge in [0.05, 0.1) is 0 Å². The average Bonchev–Trinajstić information content (AvgIpc) is 2.34. The Morgan fingerprint density at radius 1 is 1.36 bits per heavy atom. The lowest BCUT2D eigenvalue weighted by molar-refractivity contribution is 1.42. The Hall–Kier alpha value is -0.950. The van der Waals surface area contributed by atoms with Gasteiger partial charge in [0.2, 0.25) is 0 Å². The summed E-state index contributed by atoms with van der Waals surface area (Å²) < 4.78 is 0. The van der Waals surface area contributed by atoms with Crippen molar-refractivity contribution in [1.82, 2.24) is 4.98 Å². The standard InChI is InChI=1S/C9H8ClN/c1-6-4-8(10)5-7-2-3-11-9(6)7/h2-5,11H,1H3. The van der Waals surface area contributed by atoms with Gasteiger partial charge in [0, 0.05) is 22.1 Å². The van der Waals surface area contributed by atoms with Crippen LogP contribution >= 0.6 is 11.6 Å². The fraction of sp³-hybridized carbons (Fsp3) is 0.111. The van der Waals surface area contributed by atoms with Crippen molar-refractivity contribution >= 4 is 22.5 Å². The van der Waals surface area contributed by atoms with Crippen LogP contribution in [-0.2, 0) is 0 Å². The first kappa shape index (κ1) is 6.74. The fourth-order valence-electron chi connectivity index (χ4n) is 1.31. The second kappa shape index (κ2) is 2.28. The van der Waals surface area contributed by atoms with Gasteiger partial charge in [0.25, 0.3) is 0 Å². The number of hydrogen-bond donors (Lipinski definition) is 1. The highest BCUT2D eigenvalue weighted by Crippen LogP contribution is 2.21. The van der Waals surface area contributed by atoms with Gasteiger partial charge in [-0.2, -0.15) is 0 Å². The van der Waals surface area contributed by atoms with Crippen LogP contribution in [0.4, 0.5) is 0 Å². The Labute approximate surface area is 70.0 Å². The maximum absolute atomic E-state index is 5.87. The number of nitrogens with one attached hydrogen (secondary N) is 1. The van der Waals surface area contributed by atoms with E-state index in [0.29, 0.717) is 0 Å². The van der Waals surface area contributed by atoms with E-state index >= 15 is 0 Å². The van der Waals surface area contributed by atoms with Gasteiger partial charge in [0.1, 0.15) is 0 Å². The molecule has 0 aliphatic carbocycles. The maximum atomic E-state index is 5.87. The van der Waals surface area contributed by atoms with Gasteiger partial charge in [-0.25, -0.2) is 0 Å². The molecule has 11 heavy (non-hydrogen) atoms. The summed E-state index contributed by atoms with van der Waals surface area (Å²) in [6.45, 7) is 2.05. The lowest BCUT2D eigenvalue weighted by Gasteiger charge is -1.96. The fourth-order valence-corrected chi connectivity index (χ4v) is 1.59. The SMILES string of the molecule is Cc1cc(Cl)cc2cc[nH]c12. The van der Waals surface area contributed by atoms with E-state index in [1.54, 1.807) is 0 Å². The molecule has 0 radical (unpaired) electrons. The van der Waals surface area contributed by atoms with Crippen molar-refractivity contribution in [3.05, 3.63) is 35.0 Å². The molecule has 0 aliphatic heterocycles. The molecule has 2 heteroatoms. The van der Waals surface area contributed by atoms with Crippen LogP contribution in [0.1, 0.15) is 5.56 Å². The molecule has 1 nitrogen and oxygen atoms in total. The van der Waals surface area contributed by atoms with E-state index in [1.807, 2.05) is 31.3 Å². The normalized spacial score (nSPS) is 10.7. The summed E-state index contributed by atoms with van der Waals surface area (Å²) in [7, 11) is 0. The number of benzene rings is 1. The van der Waals surface area contributed by atoms with Crippen molar-refractivity contribution in [3.8, 4) is 0 Å². The summed E-state index contributed by atoms with van der Waals surface area (Å²) >= 11 is 5.87. The summed E-state index contributed by atoms with van der Waals surface area (Å²) in [5.74, 6) is 0. The highest BCUT2D eigenvalue weighted by Gasteiger charge is 1.98. The molecule has 1 aromatic carbocycles. The highest BCUT2D eigenvalue weighted by atomic mass is 35.5. The molecule has 1 N–H and O–H groups in total. The van der Waals surface area contributed by atoms with Gasteiger partial charge < -0.3 is 4.98 Å². The largest absolute Gasteiger partial charge is 0.361 e. The van der Waals surface area contributed by atoms with E-state index in [9.17, 15) is 0 Å². The van der Waals surface area contributed by atoms with Crippen molar-refractivity contribution in [2.24, 2.45) is 0 Å². The van der Waals surface area contributed by atoms with Crippen LogP contribution in [0.3, 0.4) is 0 Å². The van der Waals surface area contributed by atoms with E-state index in [4.69, 9.17) is 11.6 Å². The molecule has 2 rings (SSSR count). The molecule has 56 valence electrons. The van der Waals surface area contributed by atoms with Gasteiger partial charge in [-0.3, -0.25) is 0 Å². The van der Waals surface area contributed by atoms with E-state index in [0.717, 1.165) is 5.02 Å². The lowest BCUT2D eigenvalue weighted by atomic mass is 10.2. The Bertz CT molecular complexity index is 389. The number of hydrogen-bond acceptors (Lipinski definition) is 0. The summed E-state index contributed by atoms with van der Waals surface area (Å²) in [5.41, 5.74) is 2.37. The van der Waals surface area contributed by atoms with Crippen LogP contribution in [0, 0.1) is 6.92 Å². The molecule has 0 spiro atoms. The molecule has 1 heterocycles. The van der Waals surface area contributed by atoms with Gasteiger partial charge in [-0.05, 0) is 30.7 Å². The number of aryl methyl sites for hydroxylation is 1. The molecule has 2 aromatic rings. The third-order valence-electron chi connectivity index (χ3n) is 1.82. The minimum Gasteiger partial charge on any atom is -0.361 e. The van der Waals surface area contributed by atoms with Gasteiger partial charge in [-0.1, -0.05) is 11.6 Å². The van der Waals surface area contributed by atoms with Crippen LogP contribution in [-0.4, -0.2) is 4.98 Å². The van der Waals surface area contributed by atoms with Crippen LogP contribution in [0.5, 0.6) is 0 Å². The van der Waals surface area contributed by atoms with Crippen molar-refractivity contribution < 1.29 is 0 Å². The molecule has 0 fully saturated rings. The minimum atomic E-state index is 0.801. The van der Waals surface area contributed by atoms with Crippen molar-refractivity contribution in [3.63, 3.8) is 0 Å². The highest BCUT2D eigenvalue weighted by molar-refractivity contribution is 6.31. The van der Waals surface area contributed by atoms with Gasteiger partial charge in [-0.15, -0.1) is 0 Å². The molecule has 0 bridgehead atoms. The molecule has 0 atom stereocenters. The van der Waals surface area contributed by atoms with Crippen LogP contribution in [0.15, 0.2) is 24.4 Å². The molecule has 0 unspecified atom stereocenters. The zero-order valence-corrected chi connectivity index (χ0v) is 6.94. The molecule has 0 aliphatic rings. The lowest BCUT2D eigenvalue weighted by Crippen LogP contribution is -1.75. The van der Waals surface area contributed by atoms with Crippen LogP contribution in [0.25, 0.3) is 10.9 Å². The predicted octanol–water partition coefficient (Wildman–Crippen LogP) is 3.13. The second-order valence-corrected chi connectivity index (χ2v) is 3.10. The quantitative estimate of drug-likeness (QED) is 0.618. The number of halogens is 1. The zero-order chi connectivity index (χ0) is 7.84. The Kier molecular flexibility index (Phi) is 1.40. The number of fused-ring (bicyclic) bond motifs is 1. The van der Waals surface area contributed by atoms with E-state index in [-0.39, 0.29) is 0 Å². The molecule has 1 aromatic heterocycles. The Morgan fingerprint density at radius 3 is 3.00 bits per heavy atom. The van der Waals surface area contributed by atoms with E-state index < -0.39 is 0 Å². The maximum Gasteiger partial charge on any atom is 0.0484 e. The summed E-state index contributed by atoms with van der Waals surface area (Å²) in [4.78, 5) is 3.16. The predicted molar refractivity (Wildman–Crippen MR) is 48.0 cm³/mol. The van der Waals surface area contributed by atoms with Crippen molar-refractivity contribution in [1.29, 1.82) is 0 Å². The van der Waals surface area contributed by atoms with Crippen LogP contribution < -0.4 is 0 Å². The van der Waals surface area contributed by atoms with Crippen molar-refractivity contribution in [2.45, 2.75) is 6.92 Å². The van der Waals surface area contributed by atoms with E-state index in [2.05, 4.69) is 4.98 Å². The molecular formula is C9H8ClN. The monoisotopic (exact) mass is 165 g/mol. The first-order valence-electron chi connectivity index (χ1n) is 3.50. The number of rotatable bonds is 0. The number of aromatic nitrogens is 1. The Balaban J connectivity index is 2.91. The molecule has 0 saturated carbocycles. The molecule has 0 amide bonds. The van der Waals surface area contributed by atoms with E-state index in [1.165, 1.54) is 16.5 Å². The summed E-state index contributed by atoms with van der Waals surface area (Å²) in [6, 6.07) is 5.94. The topological polar surface area (TPSA) is 15.8 Å². The third-order valence-corrected chi connectivity index (χ3v) is 2.04.